The third-order valence-corrected chi connectivity index (χ3v) is 6.13. The highest BCUT2D eigenvalue weighted by Crippen LogP contribution is 2.44. The van der Waals surface area contributed by atoms with Crippen LogP contribution in [0.2, 0.25) is 0 Å². The van der Waals surface area contributed by atoms with Crippen molar-refractivity contribution in [3.05, 3.63) is 72.8 Å². The summed E-state index contributed by atoms with van der Waals surface area (Å²) in [5.74, 6) is 0.00899. The molecule has 13 heteroatoms. The molecule has 0 heterocycles. The molecule has 0 aliphatic carbocycles. The zero-order valence-corrected chi connectivity index (χ0v) is 21.4. The van der Waals surface area contributed by atoms with Crippen molar-refractivity contribution in [1.82, 2.24) is 0 Å². The van der Waals surface area contributed by atoms with Crippen molar-refractivity contribution in [2.75, 3.05) is 6.61 Å². The van der Waals surface area contributed by atoms with Gasteiger partial charge in [0.1, 0.15) is 0 Å². The average molecular weight is 540 g/mol. The Balaban J connectivity index is 1.89. The third kappa shape index (κ3) is 7.43. The Morgan fingerprint density at radius 2 is 1.33 bits per heavy atom. The van der Waals surface area contributed by atoms with Crippen molar-refractivity contribution in [1.29, 1.82) is 0 Å². The molecule has 13 nitrogen and oxygen atoms in total. The Labute approximate surface area is 223 Å². The van der Waals surface area contributed by atoms with E-state index in [4.69, 9.17) is 4.74 Å². The number of azo groups is 1. The average Bonchev–Trinajstić information content (AvgIpc) is 2.92. The molecule has 39 heavy (non-hydrogen) atoms. The molecule has 0 aromatic heterocycles. The molecular weight excluding hydrogens is 510 g/mol. The summed E-state index contributed by atoms with van der Waals surface area (Å²) in [6.07, 6.45) is 8.89. The molecule has 0 spiro atoms. The van der Waals surface area contributed by atoms with Gasteiger partial charge in [-0.2, -0.15) is 0 Å². The van der Waals surface area contributed by atoms with E-state index in [-0.39, 0.29) is 17.2 Å². The lowest BCUT2D eigenvalue weighted by Crippen LogP contribution is -1.98. The molecule has 0 fully saturated rings. The summed E-state index contributed by atoms with van der Waals surface area (Å²) >= 11 is 0. The number of nitro groups is 3. The van der Waals surface area contributed by atoms with Crippen LogP contribution in [0.3, 0.4) is 0 Å². The minimum Gasteiger partial charge on any atom is -0.504 e. The highest BCUT2D eigenvalue weighted by molar-refractivity contribution is 5.98. The largest absolute Gasteiger partial charge is 0.504 e. The lowest BCUT2D eigenvalue weighted by molar-refractivity contribution is -0.402. The second-order valence-corrected chi connectivity index (χ2v) is 8.92. The quantitative estimate of drug-likeness (QED) is 0.0866. The fourth-order valence-corrected chi connectivity index (χ4v) is 4.11. The zero-order chi connectivity index (χ0) is 28.4. The fourth-order valence-electron chi connectivity index (χ4n) is 4.11. The van der Waals surface area contributed by atoms with E-state index in [0.717, 1.165) is 25.7 Å². The van der Waals surface area contributed by atoms with Crippen LogP contribution in [0.1, 0.15) is 58.3 Å². The van der Waals surface area contributed by atoms with E-state index in [1.54, 1.807) is 24.3 Å². The van der Waals surface area contributed by atoms with Gasteiger partial charge in [-0.25, -0.2) is 0 Å². The number of hydrogen-bond acceptors (Lipinski definition) is 10. The minimum atomic E-state index is -0.998. The molecule has 0 radical (unpaired) electrons. The number of ether oxygens (including phenoxy) is 1. The molecule has 0 atom stereocenters. The standard InChI is InChI=1S/C26H29N5O8/c1-2-3-4-5-6-7-8-11-14-39-24-17-21(19-12-9-10-13-20(19)26(24)32)27-28-25-22(30(35)36)15-18(29(33)34)16-23(25)31(37)38/h9-10,12-13,15-17,32H,2-8,11,14H2,1H3. The van der Waals surface area contributed by atoms with Gasteiger partial charge in [0.15, 0.2) is 11.5 Å². The van der Waals surface area contributed by atoms with Crippen LogP contribution < -0.4 is 4.74 Å². The summed E-state index contributed by atoms with van der Waals surface area (Å²) < 4.78 is 5.81. The SMILES string of the molecule is CCCCCCCCCCOc1cc(N=Nc2c([N+](=O)[O-])cc([N+](=O)[O-])cc2[N+](=O)[O-])c2ccccc2c1O. The molecule has 3 aromatic carbocycles. The smallest absolute Gasteiger partial charge is 0.310 e. The van der Waals surface area contributed by atoms with Crippen LogP contribution in [0.25, 0.3) is 10.8 Å². The number of rotatable bonds is 15. The third-order valence-electron chi connectivity index (χ3n) is 6.13. The summed E-state index contributed by atoms with van der Waals surface area (Å²) in [5.41, 5.74) is -3.30. The summed E-state index contributed by atoms with van der Waals surface area (Å²) in [7, 11) is 0. The Bertz CT molecular complexity index is 1360. The predicted molar refractivity (Wildman–Crippen MR) is 144 cm³/mol. The maximum atomic E-state index is 11.6. The van der Waals surface area contributed by atoms with E-state index < -0.39 is 37.5 Å². The maximum absolute atomic E-state index is 11.6. The molecular formula is C26H29N5O8. The van der Waals surface area contributed by atoms with E-state index in [2.05, 4.69) is 17.2 Å². The van der Waals surface area contributed by atoms with E-state index in [1.165, 1.54) is 31.7 Å². The highest BCUT2D eigenvalue weighted by Gasteiger charge is 2.31. The van der Waals surface area contributed by atoms with E-state index in [1.807, 2.05) is 0 Å². The number of benzene rings is 3. The highest BCUT2D eigenvalue weighted by atomic mass is 16.6. The number of non-ortho nitro benzene ring substituents is 1. The number of phenols is 1. The normalized spacial score (nSPS) is 11.2. The first kappa shape index (κ1) is 28.9. The number of unbranched alkanes of at least 4 members (excludes halogenated alkanes) is 7. The van der Waals surface area contributed by atoms with E-state index in [9.17, 15) is 35.4 Å². The number of aromatic hydroxyl groups is 1. The number of nitrogens with zero attached hydrogens (tertiary/aromatic N) is 5. The Morgan fingerprint density at radius 3 is 1.90 bits per heavy atom. The van der Waals surface area contributed by atoms with Crippen LogP contribution in [0, 0.1) is 30.3 Å². The van der Waals surface area contributed by atoms with Crippen LogP contribution in [0.15, 0.2) is 52.7 Å². The van der Waals surface area contributed by atoms with Gasteiger partial charge < -0.3 is 9.84 Å². The van der Waals surface area contributed by atoms with Crippen molar-refractivity contribution >= 4 is 39.2 Å². The molecule has 0 amide bonds. The van der Waals surface area contributed by atoms with Gasteiger partial charge in [0.05, 0.1) is 39.2 Å². The summed E-state index contributed by atoms with van der Waals surface area (Å²) in [6, 6.07) is 9.21. The van der Waals surface area contributed by atoms with Gasteiger partial charge in [-0.3, -0.25) is 30.3 Å². The van der Waals surface area contributed by atoms with Crippen molar-refractivity contribution in [3.8, 4) is 11.5 Å². The molecule has 3 aromatic rings. The lowest BCUT2D eigenvalue weighted by Gasteiger charge is -2.12. The summed E-state index contributed by atoms with van der Waals surface area (Å²) in [6.45, 7) is 2.52. The summed E-state index contributed by atoms with van der Waals surface area (Å²) in [4.78, 5) is 31.3. The zero-order valence-electron chi connectivity index (χ0n) is 21.4. The number of hydrogen-bond donors (Lipinski definition) is 1. The number of fused-ring (bicyclic) bond motifs is 1. The van der Waals surface area contributed by atoms with E-state index in [0.29, 0.717) is 29.5 Å². The molecule has 1 N–H and O–H groups in total. The van der Waals surface area contributed by atoms with Gasteiger partial charge in [0, 0.05) is 16.8 Å². The van der Waals surface area contributed by atoms with Crippen molar-refractivity contribution in [3.63, 3.8) is 0 Å². The second kappa shape index (κ2) is 13.7. The Morgan fingerprint density at radius 1 is 0.769 bits per heavy atom. The first-order valence-corrected chi connectivity index (χ1v) is 12.6. The van der Waals surface area contributed by atoms with Gasteiger partial charge in [-0.1, -0.05) is 76.1 Å². The topological polar surface area (TPSA) is 184 Å². The van der Waals surface area contributed by atoms with E-state index >= 15 is 0 Å². The fraction of sp³-hybridized carbons (Fsp3) is 0.385. The first-order chi connectivity index (χ1) is 18.7. The predicted octanol–water partition coefficient (Wildman–Crippen LogP) is 8.20. The maximum Gasteiger partial charge on any atom is 0.310 e. The molecule has 0 aliphatic heterocycles. The van der Waals surface area contributed by atoms with Crippen LogP contribution in [0.4, 0.5) is 28.4 Å². The Hall–Kier alpha value is -4.68. The van der Waals surface area contributed by atoms with Gasteiger partial charge in [0.25, 0.3) is 5.69 Å². The molecule has 206 valence electrons. The molecule has 0 saturated carbocycles. The molecule has 0 bridgehead atoms. The molecule has 0 aliphatic rings. The van der Waals surface area contributed by atoms with Gasteiger partial charge >= 0.3 is 11.4 Å². The Kier molecular flexibility index (Phi) is 10.2. The number of phenolic OH excluding ortho intramolecular Hbond substituents is 1. The van der Waals surface area contributed by atoms with Gasteiger partial charge in [-0.05, 0) is 6.42 Å². The molecule has 0 saturated heterocycles. The minimum absolute atomic E-state index is 0.114. The van der Waals surface area contributed by atoms with Crippen LogP contribution in [-0.4, -0.2) is 26.5 Å². The summed E-state index contributed by atoms with van der Waals surface area (Å²) in [5, 5.41) is 53.6. The van der Waals surface area contributed by atoms with Crippen molar-refractivity contribution in [2.45, 2.75) is 58.3 Å². The monoisotopic (exact) mass is 539 g/mol. The van der Waals surface area contributed by atoms with Gasteiger partial charge in [0.2, 0.25) is 5.69 Å². The van der Waals surface area contributed by atoms with Crippen molar-refractivity contribution in [2.24, 2.45) is 10.2 Å². The van der Waals surface area contributed by atoms with Crippen LogP contribution in [0.5, 0.6) is 11.5 Å². The molecule has 3 rings (SSSR count). The number of nitro benzene ring substituents is 3. The van der Waals surface area contributed by atoms with Crippen molar-refractivity contribution < 1.29 is 24.6 Å². The second-order valence-electron chi connectivity index (χ2n) is 8.92. The first-order valence-electron chi connectivity index (χ1n) is 12.6. The molecule has 0 unspecified atom stereocenters. The van der Waals surface area contributed by atoms with Crippen LogP contribution in [-0.2, 0) is 0 Å². The van der Waals surface area contributed by atoms with Crippen LogP contribution >= 0.6 is 0 Å². The van der Waals surface area contributed by atoms with Gasteiger partial charge in [-0.15, -0.1) is 10.2 Å². The lowest BCUT2D eigenvalue weighted by atomic mass is 10.1.